The van der Waals surface area contributed by atoms with Crippen LogP contribution in [0.15, 0.2) is 65.7 Å². The Morgan fingerprint density at radius 2 is 1.59 bits per heavy atom. The second-order valence-corrected chi connectivity index (χ2v) is 3.88. The van der Waals surface area contributed by atoms with E-state index in [1.54, 1.807) is 0 Å². The lowest BCUT2D eigenvalue weighted by molar-refractivity contribution is 1.44. The fraction of sp³-hybridized carbons (Fsp3) is 0.0625. The van der Waals surface area contributed by atoms with Gasteiger partial charge in [0.25, 0.3) is 0 Å². The van der Waals surface area contributed by atoms with Crippen LogP contribution < -0.4 is 0 Å². The second-order valence-electron chi connectivity index (χ2n) is 3.88. The van der Waals surface area contributed by atoms with Crippen molar-refractivity contribution in [2.75, 3.05) is 0 Å². The molecule has 2 aromatic rings. The third-order valence-electron chi connectivity index (χ3n) is 2.43. The highest BCUT2D eigenvalue weighted by atomic mass is 14.7. The van der Waals surface area contributed by atoms with Gasteiger partial charge in [0.2, 0.25) is 0 Å². The highest BCUT2D eigenvalue weighted by molar-refractivity contribution is 5.80. The average Bonchev–Trinajstić information content (AvgIpc) is 2.38. The summed E-state index contributed by atoms with van der Waals surface area (Å²) in [5.41, 5.74) is 3.42. The maximum Gasteiger partial charge on any atom is 0.0629 e. The number of aryl methyl sites for hydroxylation is 1. The SMILES string of the molecule is Cc1ccc(/N=C/C=C/c2ccccc2)cc1. The summed E-state index contributed by atoms with van der Waals surface area (Å²) in [5.74, 6) is 0. The summed E-state index contributed by atoms with van der Waals surface area (Å²) in [6.45, 7) is 2.07. The molecule has 0 atom stereocenters. The summed E-state index contributed by atoms with van der Waals surface area (Å²) in [5, 5.41) is 0. The van der Waals surface area contributed by atoms with Gasteiger partial charge in [0.1, 0.15) is 0 Å². The number of nitrogens with zero attached hydrogens (tertiary/aromatic N) is 1. The first-order valence-electron chi connectivity index (χ1n) is 5.67. The van der Waals surface area contributed by atoms with Crippen molar-refractivity contribution in [1.82, 2.24) is 0 Å². The summed E-state index contributed by atoms with van der Waals surface area (Å²) in [6.07, 6.45) is 5.81. The molecule has 2 rings (SSSR count). The van der Waals surface area contributed by atoms with E-state index in [0.717, 1.165) is 5.69 Å². The molecule has 0 aliphatic carbocycles. The zero-order valence-electron chi connectivity index (χ0n) is 9.88. The van der Waals surface area contributed by atoms with Crippen molar-refractivity contribution < 1.29 is 0 Å². The molecule has 17 heavy (non-hydrogen) atoms. The topological polar surface area (TPSA) is 12.4 Å². The van der Waals surface area contributed by atoms with Crippen molar-refractivity contribution in [3.8, 4) is 0 Å². The first-order chi connectivity index (χ1) is 8.34. The quantitative estimate of drug-likeness (QED) is 0.681. The van der Waals surface area contributed by atoms with Gasteiger partial charge < -0.3 is 0 Å². The van der Waals surface area contributed by atoms with Crippen LogP contribution in [0.25, 0.3) is 6.08 Å². The predicted octanol–water partition coefficient (Wildman–Crippen LogP) is 4.41. The maximum absolute atomic E-state index is 4.35. The van der Waals surface area contributed by atoms with E-state index in [0.29, 0.717) is 0 Å². The molecule has 0 fully saturated rings. The van der Waals surface area contributed by atoms with Crippen molar-refractivity contribution in [2.24, 2.45) is 4.99 Å². The monoisotopic (exact) mass is 221 g/mol. The molecule has 0 aliphatic rings. The third kappa shape index (κ3) is 3.72. The van der Waals surface area contributed by atoms with Crippen molar-refractivity contribution in [2.45, 2.75) is 6.92 Å². The minimum absolute atomic E-state index is 0.980. The molecular weight excluding hydrogens is 206 g/mol. The highest BCUT2D eigenvalue weighted by Crippen LogP contribution is 2.11. The molecule has 0 bridgehead atoms. The molecule has 0 spiro atoms. The van der Waals surface area contributed by atoms with Crippen molar-refractivity contribution in [3.63, 3.8) is 0 Å². The van der Waals surface area contributed by atoms with Gasteiger partial charge in [-0.2, -0.15) is 0 Å². The number of hydrogen-bond acceptors (Lipinski definition) is 1. The van der Waals surface area contributed by atoms with Gasteiger partial charge in [-0.05, 0) is 30.7 Å². The Bertz CT molecular complexity index is 507. The van der Waals surface area contributed by atoms with Crippen LogP contribution in [0, 0.1) is 6.92 Å². The Kier molecular flexibility index (Phi) is 3.87. The average molecular weight is 221 g/mol. The van der Waals surface area contributed by atoms with Crippen LogP contribution >= 0.6 is 0 Å². The lowest BCUT2D eigenvalue weighted by Crippen LogP contribution is -1.71. The van der Waals surface area contributed by atoms with Gasteiger partial charge in [0.05, 0.1) is 5.69 Å². The summed E-state index contributed by atoms with van der Waals surface area (Å²) < 4.78 is 0. The molecule has 0 unspecified atom stereocenters. The molecular formula is C16H15N. The molecule has 84 valence electrons. The second kappa shape index (κ2) is 5.80. The summed E-state index contributed by atoms with van der Waals surface area (Å²) in [7, 11) is 0. The minimum Gasteiger partial charge on any atom is -0.257 e. The van der Waals surface area contributed by atoms with Gasteiger partial charge in [-0.1, -0.05) is 54.1 Å². The number of rotatable bonds is 3. The van der Waals surface area contributed by atoms with E-state index in [1.165, 1.54) is 11.1 Å². The number of allylic oxidation sites excluding steroid dienone is 1. The Morgan fingerprint density at radius 1 is 0.882 bits per heavy atom. The standard InChI is InChI=1S/C16H15N/c1-14-9-11-16(12-10-14)17-13-5-8-15-6-3-2-4-7-15/h2-13H,1H3/b8-5+,17-13+. The molecule has 2 aromatic carbocycles. The minimum atomic E-state index is 0.980. The zero-order valence-corrected chi connectivity index (χ0v) is 9.88. The summed E-state index contributed by atoms with van der Waals surface area (Å²) in [4.78, 5) is 4.35. The maximum atomic E-state index is 4.35. The Labute approximate surface area is 102 Å². The van der Waals surface area contributed by atoms with E-state index in [2.05, 4.69) is 36.2 Å². The molecule has 0 saturated heterocycles. The van der Waals surface area contributed by atoms with Gasteiger partial charge in [0.15, 0.2) is 0 Å². The fourth-order valence-corrected chi connectivity index (χ4v) is 1.48. The van der Waals surface area contributed by atoms with Crippen LogP contribution in [0.2, 0.25) is 0 Å². The number of benzene rings is 2. The Morgan fingerprint density at radius 3 is 2.29 bits per heavy atom. The molecule has 0 amide bonds. The van der Waals surface area contributed by atoms with E-state index >= 15 is 0 Å². The third-order valence-corrected chi connectivity index (χ3v) is 2.43. The van der Waals surface area contributed by atoms with Crippen LogP contribution in [-0.4, -0.2) is 6.21 Å². The largest absolute Gasteiger partial charge is 0.257 e. The van der Waals surface area contributed by atoms with Crippen LogP contribution in [0.1, 0.15) is 11.1 Å². The van der Waals surface area contributed by atoms with Gasteiger partial charge in [-0.25, -0.2) is 0 Å². The summed E-state index contributed by atoms with van der Waals surface area (Å²) in [6, 6.07) is 18.4. The molecule has 0 radical (unpaired) electrons. The molecule has 1 nitrogen and oxygen atoms in total. The van der Waals surface area contributed by atoms with E-state index in [1.807, 2.05) is 48.7 Å². The molecule has 0 aliphatic heterocycles. The molecule has 0 saturated carbocycles. The predicted molar refractivity (Wildman–Crippen MR) is 74.8 cm³/mol. The van der Waals surface area contributed by atoms with Gasteiger partial charge >= 0.3 is 0 Å². The summed E-state index contributed by atoms with van der Waals surface area (Å²) >= 11 is 0. The lowest BCUT2D eigenvalue weighted by Gasteiger charge is -1.93. The van der Waals surface area contributed by atoms with E-state index in [4.69, 9.17) is 0 Å². The molecule has 0 aromatic heterocycles. The van der Waals surface area contributed by atoms with Crippen molar-refractivity contribution in [3.05, 3.63) is 71.8 Å². The fourth-order valence-electron chi connectivity index (χ4n) is 1.48. The highest BCUT2D eigenvalue weighted by Gasteiger charge is 1.85. The first-order valence-corrected chi connectivity index (χ1v) is 5.67. The van der Waals surface area contributed by atoms with Gasteiger partial charge in [-0.15, -0.1) is 0 Å². The lowest BCUT2D eigenvalue weighted by atomic mass is 10.2. The first kappa shape index (κ1) is 11.3. The van der Waals surface area contributed by atoms with Crippen LogP contribution in [0.5, 0.6) is 0 Å². The number of aliphatic imine (C=N–C) groups is 1. The molecule has 0 heterocycles. The molecule has 1 heteroatoms. The van der Waals surface area contributed by atoms with E-state index in [-0.39, 0.29) is 0 Å². The normalized spacial score (nSPS) is 11.4. The number of hydrogen-bond donors (Lipinski definition) is 0. The van der Waals surface area contributed by atoms with Crippen molar-refractivity contribution in [1.29, 1.82) is 0 Å². The van der Waals surface area contributed by atoms with E-state index < -0.39 is 0 Å². The van der Waals surface area contributed by atoms with Crippen LogP contribution in [0.4, 0.5) is 5.69 Å². The zero-order chi connectivity index (χ0) is 11.9. The van der Waals surface area contributed by atoms with Crippen LogP contribution in [0.3, 0.4) is 0 Å². The van der Waals surface area contributed by atoms with Crippen LogP contribution in [-0.2, 0) is 0 Å². The van der Waals surface area contributed by atoms with Crippen molar-refractivity contribution >= 4 is 18.0 Å². The molecule has 0 N–H and O–H groups in total. The Balaban J connectivity index is 1.98. The van der Waals surface area contributed by atoms with Gasteiger partial charge in [0, 0.05) is 6.21 Å². The smallest absolute Gasteiger partial charge is 0.0629 e. The van der Waals surface area contributed by atoms with E-state index in [9.17, 15) is 0 Å². The Hall–Kier alpha value is -2.15. The van der Waals surface area contributed by atoms with Gasteiger partial charge in [-0.3, -0.25) is 4.99 Å².